The van der Waals surface area contributed by atoms with E-state index in [1.807, 2.05) is 0 Å². The van der Waals surface area contributed by atoms with Crippen LogP contribution in [0.2, 0.25) is 0 Å². The third-order valence-electron chi connectivity index (χ3n) is 5.73. The molecule has 0 spiro atoms. The number of nitrogens with zero attached hydrogens (tertiary/aromatic N) is 2. The van der Waals surface area contributed by atoms with Gasteiger partial charge in [0.2, 0.25) is 0 Å². The van der Waals surface area contributed by atoms with Crippen molar-refractivity contribution in [1.29, 1.82) is 0 Å². The van der Waals surface area contributed by atoms with Gasteiger partial charge in [-0.3, -0.25) is 4.90 Å². The van der Waals surface area contributed by atoms with Crippen LogP contribution >= 0.6 is 0 Å². The molecule has 2 aliphatic heterocycles. The summed E-state index contributed by atoms with van der Waals surface area (Å²) in [5, 5.41) is 0. The van der Waals surface area contributed by atoms with Crippen LogP contribution in [-0.2, 0) is 0 Å². The van der Waals surface area contributed by atoms with E-state index in [4.69, 9.17) is 0 Å². The third-order valence-corrected chi connectivity index (χ3v) is 5.73. The molecule has 2 aliphatic rings. The molecule has 17 heavy (non-hydrogen) atoms. The van der Waals surface area contributed by atoms with Gasteiger partial charge in [0, 0.05) is 25.7 Å². The van der Waals surface area contributed by atoms with E-state index in [1.165, 1.54) is 75.7 Å². The first kappa shape index (κ1) is 13.4. The quantitative estimate of drug-likeness (QED) is 0.667. The fourth-order valence-corrected chi connectivity index (χ4v) is 4.27. The number of hydrogen-bond donors (Lipinski definition) is 0. The summed E-state index contributed by atoms with van der Waals surface area (Å²) in [6.07, 6.45) is 8.42. The molecule has 0 saturated carbocycles. The summed E-state index contributed by atoms with van der Waals surface area (Å²) >= 11 is 0. The monoisotopic (exact) mass is 239 g/mol. The predicted molar refractivity (Wildman–Crippen MR) is 74.1 cm³/mol. The molecular weight excluding hydrogens is 208 g/mol. The van der Waals surface area contributed by atoms with E-state index < -0.39 is 0 Å². The van der Waals surface area contributed by atoms with Crippen LogP contribution < -0.4 is 0 Å². The fraction of sp³-hybridized carbons (Fsp3) is 1.00. The summed E-state index contributed by atoms with van der Waals surface area (Å²) in [5.74, 6) is 0. The van der Waals surface area contributed by atoms with Gasteiger partial charge in [-0.15, -0.1) is 0 Å². The molecule has 0 aromatic heterocycles. The Balaban J connectivity index is 2.12. The van der Waals surface area contributed by atoms with Gasteiger partial charge in [-0.05, 0) is 25.9 Å². The van der Waals surface area contributed by atoms with E-state index >= 15 is 0 Å². The lowest BCUT2D eigenvalue weighted by Crippen LogP contribution is -2.64. The van der Waals surface area contributed by atoms with E-state index in [0.717, 1.165) is 0 Å². The second-order valence-corrected chi connectivity index (χ2v) is 6.46. The van der Waals surface area contributed by atoms with Crippen LogP contribution in [0.5, 0.6) is 0 Å². The number of rotatable bonds is 5. The first-order valence-electron chi connectivity index (χ1n) is 7.73. The highest BCUT2D eigenvalue weighted by Gasteiger charge is 2.48. The summed E-state index contributed by atoms with van der Waals surface area (Å²) in [4.78, 5) is 2.73. The number of quaternary nitrogens is 1. The van der Waals surface area contributed by atoms with Gasteiger partial charge in [-0.2, -0.15) is 0 Å². The molecule has 100 valence electrons. The Kier molecular flexibility index (Phi) is 4.14. The van der Waals surface area contributed by atoms with Gasteiger partial charge in [0.25, 0.3) is 0 Å². The summed E-state index contributed by atoms with van der Waals surface area (Å²) in [6.45, 7) is 11.7. The van der Waals surface area contributed by atoms with Gasteiger partial charge in [-0.1, -0.05) is 13.8 Å². The van der Waals surface area contributed by atoms with E-state index in [9.17, 15) is 0 Å². The molecular formula is C15H31N2+. The van der Waals surface area contributed by atoms with Crippen LogP contribution in [0.1, 0.15) is 52.4 Å². The lowest BCUT2D eigenvalue weighted by Gasteiger charge is -2.50. The van der Waals surface area contributed by atoms with Crippen LogP contribution in [-0.4, -0.2) is 54.7 Å². The predicted octanol–water partition coefficient (Wildman–Crippen LogP) is 2.88. The van der Waals surface area contributed by atoms with Gasteiger partial charge < -0.3 is 4.48 Å². The molecule has 0 radical (unpaired) electrons. The van der Waals surface area contributed by atoms with Crippen molar-refractivity contribution in [2.45, 2.75) is 57.9 Å². The van der Waals surface area contributed by atoms with Crippen molar-refractivity contribution in [3.8, 4) is 0 Å². The van der Waals surface area contributed by atoms with Gasteiger partial charge >= 0.3 is 0 Å². The van der Waals surface area contributed by atoms with Crippen molar-refractivity contribution in [2.24, 2.45) is 0 Å². The minimum atomic E-state index is 0.529. The summed E-state index contributed by atoms with van der Waals surface area (Å²) in [7, 11) is 2.52. The molecule has 0 atom stereocenters. The molecule has 2 fully saturated rings. The Morgan fingerprint density at radius 3 is 1.94 bits per heavy atom. The molecule has 0 aromatic carbocycles. The number of likely N-dealkylation sites (tertiary alicyclic amines) is 2. The molecule has 0 bridgehead atoms. The Morgan fingerprint density at radius 1 is 0.941 bits per heavy atom. The first-order valence-corrected chi connectivity index (χ1v) is 7.73. The highest BCUT2D eigenvalue weighted by Crippen LogP contribution is 2.36. The third kappa shape index (κ3) is 2.39. The molecule has 0 unspecified atom stereocenters. The zero-order valence-corrected chi connectivity index (χ0v) is 12.2. The molecule has 2 heteroatoms. The Hall–Kier alpha value is -0.0800. The van der Waals surface area contributed by atoms with Gasteiger partial charge in [0.05, 0.1) is 26.7 Å². The fourth-order valence-electron chi connectivity index (χ4n) is 4.27. The summed E-state index contributed by atoms with van der Waals surface area (Å²) < 4.78 is 1.34. The van der Waals surface area contributed by atoms with E-state index in [-0.39, 0.29) is 0 Å². The van der Waals surface area contributed by atoms with E-state index in [0.29, 0.717) is 5.54 Å². The maximum absolute atomic E-state index is 2.73. The lowest BCUT2D eigenvalue weighted by molar-refractivity contribution is -0.949. The SMILES string of the molecule is CCC(CC)(CN1CCCC1)[N+]1(C)CCCC1. The Morgan fingerprint density at radius 2 is 1.47 bits per heavy atom. The van der Waals surface area contributed by atoms with E-state index in [1.54, 1.807) is 0 Å². The molecule has 2 rings (SSSR count). The van der Waals surface area contributed by atoms with Crippen LogP contribution in [0.15, 0.2) is 0 Å². The zero-order valence-electron chi connectivity index (χ0n) is 12.2. The van der Waals surface area contributed by atoms with Crippen molar-refractivity contribution in [2.75, 3.05) is 39.8 Å². The second-order valence-electron chi connectivity index (χ2n) is 6.46. The van der Waals surface area contributed by atoms with Gasteiger partial charge in [0.15, 0.2) is 0 Å². The Labute approximate surface area is 108 Å². The minimum absolute atomic E-state index is 0.529. The molecule has 0 N–H and O–H groups in total. The molecule has 0 aliphatic carbocycles. The normalized spacial score (nSPS) is 25.6. The molecule has 2 saturated heterocycles. The second kappa shape index (κ2) is 5.27. The highest BCUT2D eigenvalue weighted by atomic mass is 15.4. The van der Waals surface area contributed by atoms with Crippen molar-refractivity contribution < 1.29 is 4.48 Å². The van der Waals surface area contributed by atoms with Crippen LogP contribution in [0.25, 0.3) is 0 Å². The highest BCUT2D eigenvalue weighted by molar-refractivity contribution is 4.86. The van der Waals surface area contributed by atoms with E-state index in [2.05, 4.69) is 25.8 Å². The molecule has 0 aromatic rings. The van der Waals surface area contributed by atoms with Crippen molar-refractivity contribution >= 4 is 0 Å². The van der Waals surface area contributed by atoms with Crippen molar-refractivity contribution in [3.05, 3.63) is 0 Å². The molecule has 0 amide bonds. The zero-order chi connectivity index (χ0) is 12.4. The first-order chi connectivity index (χ1) is 8.16. The van der Waals surface area contributed by atoms with Crippen molar-refractivity contribution in [3.63, 3.8) is 0 Å². The number of likely N-dealkylation sites (N-methyl/N-ethyl adjacent to an activating group) is 1. The maximum Gasteiger partial charge on any atom is 0.111 e. The van der Waals surface area contributed by atoms with Gasteiger partial charge in [0.1, 0.15) is 5.54 Å². The Bertz CT molecular complexity index is 233. The van der Waals surface area contributed by atoms with Crippen LogP contribution in [0, 0.1) is 0 Å². The summed E-state index contributed by atoms with van der Waals surface area (Å²) in [6, 6.07) is 0. The van der Waals surface area contributed by atoms with Crippen molar-refractivity contribution in [1.82, 2.24) is 4.90 Å². The smallest absolute Gasteiger partial charge is 0.111 e. The average Bonchev–Trinajstić information content (AvgIpc) is 2.98. The van der Waals surface area contributed by atoms with Crippen LogP contribution in [0.3, 0.4) is 0 Å². The van der Waals surface area contributed by atoms with Crippen LogP contribution in [0.4, 0.5) is 0 Å². The van der Waals surface area contributed by atoms with Gasteiger partial charge in [-0.25, -0.2) is 0 Å². The average molecular weight is 239 g/mol. The largest absolute Gasteiger partial charge is 0.320 e. The number of hydrogen-bond acceptors (Lipinski definition) is 1. The summed E-state index contributed by atoms with van der Waals surface area (Å²) in [5.41, 5.74) is 0.529. The lowest BCUT2D eigenvalue weighted by atomic mass is 9.87. The minimum Gasteiger partial charge on any atom is -0.320 e. The standard InChI is InChI=1S/C15H31N2/c1-4-15(5-2,14-16-10-6-7-11-16)17(3)12-8-9-13-17/h4-14H2,1-3H3/q+1. The molecule has 2 nitrogen and oxygen atoms in total. The maximum atomic E-state index is 2.73. The topological polar surface area (TPSA) is 3.24 Å². The molecule has 2 heterocycles.